The molecule has 2 aromatic rings. The van der Waals surface area contributed by atoms with E-state index in [-0.39, 0.29) is 24.8 Å². The second-order valence-corrected chi connectivity index (χ2v) is 7.19. The Balaban J connectivity index is 1.96. The van der Waals surface area contributed by atoms with Crippen LogP contribution in [0.1, 0.15) is 48.5 Å². The van der Waals surface area contributed by atoms with Gasteiger partial charge in [0.15, 0.2) is 11.6 Å². The van der Waals surface area contributed by atoms with Crippen LogP contribution in [0, 0.1) is 13.8 Å². The average molecular weight is 346 g/mol. The Bertz CT molecular complexity index is 815. The fourth-order valence-electron chi connectivity index (χ4n) is 2.82. The first-order chi connectivity index (χ1) is 11.7. The number of esters is 1. The zero-order chi connectivity index (χ0) is 18.4. The van der Waals surface area contributed by atoms with Gasteiger partial charge in [0, 0.05) is 5.56 Å². The largest absolute Gasteiger partial charge is 0.459 e. The zero-order valence-electron chi connectivity index (χ0n) is 15.1. The second kappa shape index (κ2) is 6.02. The van der Waals surface area contributed by atoms with Crippen LogP contribution in [0.25, 0.3) is 0 Å². The van der Waals surface area contributed by atoms with Gasteiger partial charge >= 0.3 is 5.97 Å². The van der Waals surface area contributed by atoms with Crippen molar-refractivity contribution in [3.63, 3.8) is 0 Å². The number of ether oxygens (including phenoxy) is 1. The SMILES string of the molecule is Cc1ccoc1C(=O)N1Cc2nnc(C)n2CC1C(=O)OC(C)(C)C. The Labute approximate surface area is 145 Å². The van der Waals surface area contributed by atoms with Crippen LogP contribution >= 0.6 is 0 Å². The number of furan rings is 1. The van der Waals surface area contributed by atoms with E-state index in [2.05, 4.69) is 10.2 Å². The van der Waals surface area contributed by atoms with Gasteiger partial charge in [-0.25, -0.2) is 4.79 Å². The molecule has 0 fully saturated rings. The van der Waals surface area contributed by atoms with Crippen molar-refractivity contribution < 1.29 is 18.7 Å². The number of hydrogen-bond acceptors (Lipinski definition) is 6. The second-order valence-electron chi connectivity index (χ2n) is 7.19. The summed E-state index contributed by atoms with van der Waals surface area (Å²) in [7, 11) is 0. The van der Waals surface area contributed by atoms with Crippen molar-refractivity contribution in [3.8, 4) is 0 Å². The van der Waals surface area contributed by atoms with Gasteiger partial charge < -0.3 is 18.6 Å². The highest BCUT2D eigenvalue weighted by atomic mass is 16.6. The molecule has 1 unspecified atom stereocenters. The molecule has 3 heterocycles. The van der Waals surface area contributed by atoms with Crippen LogP contribution in [0.15, 0.2) is 16.7 Å². The van der Waals surface area contributed by atoms with Crippen molar-refractivity contribution >= 4 is 11.9 Å². The van der Waals surface area contributed by atoms with Crippen LogP contribution < -0.4 is 0 Å². The Morgan fingerprint density at radius 3 is 2.60 bits per heavy atom. The molecule has 1 aliphatic heterocycles. The molecule has 1 amide bonds. The quantitative estimate of drug-likeness (QED) is 0.771. The summed E-state index contributed by atoms with van der Waals surface area (Å²) < 4.78 is 12.7. The van der Waals surface area contributed by atoms with Crippen molar-refractivity contribution in [2.45, 2.75) is 59.4 Å². The summed E-state index contributed by atoms with van der Waals surface area (Å²) in [6.45, 7) is 9.43. The van der Waals surface area contributed by atoms with Gasteiger partial charge in [-0.2, -0.15) is 0 Å². The van der Waals surface area contributed by atoms with E-state index >= 15 is 0 Å². The highest BCUT2D eigenvalue weighted by Gasteiger charge is 2.40. The van der Waals surface area contributed by atoms with Crippen LogP contribution in [0.5, 0.6) is 0 Å². The van der Waals surface area contributed by atoms with E-state index < -0.39 is 17.6 Å². The maximum absolute atomic E-state index is 12.9. The molecule has 8 nitrogen and oxygen atoms in total. The third-order valence-electron chi connectivity index (χ3n) is 4.05. The van der Waals surface area contributed by atoms with Crippen LogP contribution in [-0.2, 0) is 22.6 Å². The van der Waals surface area contributed by atoms with Gasteiger partial charge in [0.1, 0.15) is 17.5 Å². The van der Waals surface area contributed by atoms with Crippen LogP contribution in [0.2, 0.25) is 0 Å². The number of amides is 1. The molecule has 0 saturated heterocycles. The number of rotatable bonds is 2. The minimum atomic E-state index is -0.765. The summed E-state index contributed by atoms with van der Waals surface area (Å²) in [4.78, 5) is 27.1. The number of aromatic nitrogens is 3. The summed E-state index contributed by atoms with van der Waals surface area (Å²) in [6, 6.07) is 0.949. The Morgan fingerprint density at radius 2 is 2.00 bits per heavy atom. The van der Waals surface area contributed by atoms with Crippen molar-refractivity contribution in [2.24, 2.45) is 0 Å². The molecule has 0 aliphatic carbocycles. The van der Waals surface area contributed by atoms with E-state index in [1.54, 1.807) is 33.8 Å². The smallest absolute Gasteiger partial charge is 0.331 e. The topological polar surface area (TPSA) is 90.5 Å². The number of carbonyl (C=O) groups is 2. The molecule has 0 aromatic carbocycles. The maximum atomic E-state index is 12.9. The summed E-state index contributed by atoms with van der Waals surface area (Å²) in [5.74, 6) is 0.743. The van der Waals surface area contributed by atoms with E-state index in [0.717, 1.165) is 5.56 Å². The lowest BCUT2D eigenvalue weighted by atomic mass is 10.1. The van der Waals surface area contributed by atoms with Gasteiger partial charge in [0.05, 0.1) is 19.4 Å². The van der Waals surface area contributed by atoms with Crippen molar-refractivity contribution in [1.29, 1.82) is 0 Å². The van der Waals surface area contributed by atoms with E-state index in [1.165, 1.54) is 11.2 Å². The standard InChI is InChI=1S/C17H22N4O4/c1-10-6-7-24-14(10)15(22)21-9-13-19-18-11(2)20(13)8-12(21)16(23)25-17(3,4)5/h6-7,12H,8-9H2,1-5H3. The first kappa shape index (κ1) is 17.2. The molecule has 2 aromatic heterocycles. The summed E-state index contributed by atoms with van der Waals surface area (Å²) >= 11 is 0. The number of carbonyl (C=O) groups excluding carboxylic acids is 2. The maximum Gasteiger partial charge on any atom is 0.331 e. The number of aryl methyl sites for hydroxylation is 2. The van der Waals surface area contributed by atoms with Crippen LogP contribution in [-0.4, -0.2) is 43.2 Å². The molecule has 8 heteroatoms. The lowest BCUT2D eigenvalue weighted by molar-refractivity contribution is -0.162. The molecule has 25 heavy (non-hydrogen) atoms. The number of nitrogens with zero attached hydrogens (tertiary/aromatic N) is 4. The molecule has 3 rings (SSSR count). The van der Waals surface area contributed by atoms with Gasteiger partial charge in [-0.3, -0.25) is 4.79 Å². The molecule has 0 bridgehead atoms. The van der Waals surface area contributed by atoms with Crippen molar-refractivity contribution in [1.82, 2.24) is 19.7 Å². The lowest BCUT2D eigenvalue weighted by Gasteiger charge is -2.35. The molecule has 0 saturated carbocycles. The average Bonchev–Trinajstić information content (AvgIpc) is 3.10. The fourth-order valence-corrected chi connectivity index (χ4v) is 2.82. The highest BCUT2D eigenvalue weighted by molar-refractivity contribution is 5.95. The van der Waals surface area contributed by atoms with E-state index in [9.17, 15) is 9.59 Å². The fraction of sp³-hybridized carbons (Fsp3) is 0.529. The predicted octanol–water partition coefficient (Wildman–Crippen LogP) is 1.85. The summed E-state index contributed by atoms with van der Waals surface area (Å²) in [5.41, 5.74) is 0.0747. The van der Waals surface area contributed by atoms with Crippen molar-refractivity contribution in [2.75, 3.05) is 0 Å². The van der Waals surface area contributed by atoms with Crippen LogP contribution in [0.4, 0.5) is 0 Å². The predicted molar refractivity (Wildman–Crippen MR) is 87.7 cm³/mol. The van der Waals surface area contributed by atoms with Crippen LogP contribution in [0.3, 0.4) is 0 Å². The minimum absolute atomic E-state index is 0.170. The number of hydrogen-bond donors (Lipinski definition) is 0. The first-order valence-corrected chi connectivity index (χ1v) is 8.14. The normalized spacial score (nSPS) is 17.3. The van der Waals surface area contributed by atoms with Crippen molar-refractivity contribution in [3.05, 3.63) is 35.3 Å². The minimum Gasteiger partial charge on any atom is -0.459 e. The third kappa shape index (κ3) is 3.29. The molecular formula is C17H22N4O4. The Morgan fingerprint density at radius 1 is 1.28 bits per heavy atom. The van der Waals surface area contributed by atoms with E-state index in [4.69, 9.17) is 9.15 Å². The van der Waals surface area contributed by atoms with Gasteiger partial charge in [0.2, 0.25) is 0 Å². The van der Waals surface area contributed by atoms with E-state index in [1.807, 2.05) is 11.5 Å². The number of fused-ring (bicyclic) bond motifs is 1. The van der Waals surface area contributed by atoms with Gasteiger partial charge in [0.25, 0.3) is 5.91 Å². The lowest BCUT2D eigenvalue weighted by Crippen LogP contribution is -2.52. The molecule has 0 radical (unpaired) electrons. The van der Waals surface area contributed by atoms with Gasteiger partial charge in [-0.05, 0) is 40.7 Å². The zero-order valence-corrected chi connectivity index (χ0v) is 15.1. The van der Waals surface area contributed by atoms with E-state index in [0.29, 0.717) is 11.6 Å². The molecule has 1 aliphatic rings. The molecule has 0 N–H and O–H groups in total. The van der Waals surface area contributed by atoms with Gasteiger partial charge in [-0.15, -0.1) is 10.2 Å². The highest BCUT2D eigenvalue weighted by Crippen LogP contribution is 2.24. The summed E-state index contributed by atoms with van der Waals surface area (Å²) in [6.07, 6.45) is 1.46. The molecular weight excluding hydrogens is 324 g/mol. The molecule has 0 spiro atoms. The Hall–Kier alpha value is -2.64. The van der Waals surface area contributed by atoms with Gasteiger partial charge in [-0.1, -0.05) is 0 Å². The summed E-state index contributed by atoms with van der Waals surface area (Å²) in [5, 5.41) is 8.14. The molecule has 134 valence electrons. The molecule has 1 atom stereocenters. The monoisotopic (exact) mass is 346 g/mol. The first-order valence-electron chi connectivity index (χ1n) is 8.14. The Kier molecular flexibility index (Phi) is 4.14. The third-order valence-corrected chi connectivity index (χ3v) is 4.05.